The Kier molecular flexibility index (Phi) is 8.93. The summed E-state index contributed by atoms with van der Waals surface area (Å²) in [4.78, 5) is 28.6. The Morgan fingerprint density at radius 2 is 0.732 bits per heavy atom. The molecule has 0 heterocycles. The molecule has 0 bridgehead atoms. The zero-order valence-electron chi connectivity index (χ0n) is 32.6. The van der Waals surface area contributed by atoms with Gasteiger partial charge in [-0.3, -0.25) is 9.59 Å². The number of rotatable bonds is 6. The van der Waals surface area contributed by atoms with Gasteiger partial charge >= 0.3 is 0 Å². The van der Waals surface area contributed by atoms with E-state index in [4.69, 9.17) is 0 Å². The number of nitrogens with one attached hydrogen (secondary N) is 2. The van der Waals surface area contributed by atoms with Crippen LogP contribution in [-0.4, -0.2) is 11.8 Å². The smallest absolute Gasteiger partial charge is 0.256 e. The van der Waals surface area contributed by atoms with Crippen LogP contribution in [0.25, 0.3) is 43.1 Å². The molecule has 8 aromatic rings. The molecule has 0 saturated heterocycles. The molecule has 9 rings (SSSR count). The molecule has 1 saturated carbocycles. The summed E-state index contributed by atoms with van der Waals surface area (Å²) in [6, 6.07) is 46.1. The van der Waals surface area contributed by atoms with Crippen LogP contribution in [0.3, 0.4) is 0 Å². The van der Waals surface area contributed by atoms with E-state index in [1.165, 1.54) is 17.5 Å². The van der Waals surface area contributed by atoms with E-state index in [2.05, 4.69) is 99.0 Å². The van der Waals surface area contributed by atoms with Gasteiger partial charge in [-0.05, 0) is 129 Å². The SMILES string of the molecule is Cc1cc(C2(c3cc(C)c(NC(=O)c4c5ccccc5cc5ccccc45)c(C)c3)CCCCC2)cc(C)c1NC(=O)c1c2ccccc2cc2ccccc12. The number of hydrogen-bond acceptors (Lipinski definition) is 2. The zero-order valence-corrected chi connectivity index (χ0v) is 32.6. The molecular weight excluding hydrogens is 685 g/mol. The van der Waals surface area contributed by atoms with E-state index >= 15 is 0 Å². The number of carbonyl (C=O) groups excluding carboxylic acids is 2. The Hall–Kier alpha value is -6.26. The second-order valence-corrected chi connectivity index (χ2v) is 15.9. The van der Waals surface area contributed by atoms with Crippen molar-refractivity contribution in [2.45, 2.75) is 65.2 Å². The quantitative estimate of drug-likeness (QED) is 0.167. The maximum absolute atomic E-state index is 14.3. The summed E-state index contributed by atoms with van der Waals surface area (Å²) in [6.45, 7) is 8.48. The second kappa shape index (κ2) is 14.1. The summed E-state index contributed by atoms with van der Waals surface area (Å²) in [7, 11) is 0. The largest absolute Gasteiger partial charge is 0.321 e. The van der Waals surface area contributed by atoms with Crippen molar-refractivity contribution >= 4 is 66.3 Å². The fourth-order valence-corrected chi connectivity index (χ4v) is 9.64. The number of hydrogen-bond donors (Lipinski definition) is 2. The minimum atomic E-state index is -0.175. The average molecular weight is 731 g/mol. The molecule has 0 aromatic heterocycles. The van der Waals surface area contributed by atoms with E-state index in [0.29, 0.717) is 11.1 Å². The molecule has 4 heteroatoms. The van der Waals surface area contributed by atoms with Crippen LogP contribution >= 0.6 is 0 Å². The lowest BCUT2D eigenvalue weighted by atomic mass is 9.64. The first-order valence-corrected chi connectivity index (χ1v) is 19.9. The van der Waals surface area contributed by atoms with Crippen molar-refractivity contribution in [2.75, 3.05) is 10.6 Å². The summed E-state index contributed by atoms with van der Waals surface area (Å²) in [5, 5.41) is 14.7. The number of aryl methyl sites for hydroxylation is 4. The van der Waals surface area contributed by atoms with Gasteiger partial charge in [0, 0.05) is 16.8 Å². The lowest BCUT2D eigenvalue weighted by Gasteiger charge is -2.40. The molecule has 0 spiro atoms. The minimum absolute atomic E-state index is 0.0929. The van der Waals surface area contributed by atoms with Crippen LogP contribution in [-0.2, 0) is 5.41 Å². The summed E-state index contributed by atoms with van der Waals surface area (Å²) < 4.78 is 0. The van der Waals surface area contributed by atoms with Crippen LogP contribution in [0.2, 0.25) is 0 Å². The number of carbonyl (C=O) groups is 2. The molecule has 1 fully saturated rings. The van der Waals surface area contributed by atoms with E-state index in [1.807, 2.05) is 72.8 Å². The summed E-state index contributed by atoms with van der Waals surface area (Å²) >= 11 is 0. The third-order valence-electron chi connectivity index (χ3n) is 12.4. The van der Waals surface area contributed by atoms with Crippen molar-refractivity contribution in [2.24, 2.45) is 0 Å². The van der Waals surface area contributed by atoms with Gasteiger partial charge < -0.3 is 10.6 Å². The van der Waals surface area contributed by atoms with E-state index in [0.717, 1.165) is 102 Å². The molecule has 2 amide bonds. The first kappa shape index (κ1) is 35.4. The normalized spacial score (nSPS) is 14.0. The highest BCUT2D eigenvalue weighted by Crippen LogP contribution is 2.47. The molecule has 0 unspecified atom stereocenters. The number of fused-ring (bicyclic) bond motifs is 4. The molecule has 276 valence electrons. The monoisotopic (exact) mass is 730 g/mol. The number of amides is 2. The van der Waals surface area contributed by atoms with E-state index < -0.39 is 0 Å². The highest BCUT2D eigenvalue weighted by atomic mass is 16.2. The highest BCUT2D eigenvalue weighted by molar-refractivity contribution is 6.23. The Morgan fingerprint density at radius 3 is 1.05 bits per heavy atom. The van der Waals surface area contributed by atoms with E-state index in [-0.39, 0.29) is 17.2 Å². The summed E-state index contributed by atoms with van der Waals surface area (Å²) in [5.41, 5.74) is 9.79. The fraction of sp³-hybridized carbons (Fsp3) is 0.192. The molecule has 0 aliphatic heterocycles. The summed E-state index contributed by atoms with van der Waals surface area (Å²) in [6.07, 6.45) is 5.61. The second-order valence-electron chi connectivity index (χ2n) is 15.9. The molecule has 1 aliphatic carbocycles. The maximum atomic E-state index is 14.3. The Balaban J connectivity index is 1.07. The summed E-state index contributed by atoms with van der Waals surface area (Å²) in [5.74, 6) is -0.186. The molecular formula is C52H46N2O2. The molecule has 56 heavy (non-hydrogen) atoms. The molecule has 0 radical (unpaired) electrons. The average Bonchev–Trinajstić information content (AvgIpc) is 3.21. The minimum Gasteiger partial charge on any atom is -0.321 e. The Bertz CT molecular complexity index is 2530. The van der Waals surface area contributed by atoms with E-state index in [9.17, 15) is 9.59 Å². The van der Waals surface area contributed by atoms with Gasteiger partial charge in [-0.2, -0.15) is 0 Å². The van der Waals surface area contributed by atoms with Gasteiger partial charge in [0.05, 0.1) is 11.1 Å². The van der Waals surface area contributed by atoms with Gasteiger partial charge in [0.15, 0.2) is 0 Å². The molecule has 2 N–H and O–H groups in total. The molecule has 1 aliphatic rings. The van der Waals surface area contributed by atoms with Crippen molar-refractivity contribution in [3.05, 3.63) is 178 Å². The molecule has 8 aromatic carbocycles. The predicted octanol–water partition coefficient (Wildman–Crippen LogP) is 13.3. The number of anilines is 2. The molecule has 4 nitrogen and oxygen atoms in total. The number of benzene rings is 8. The van der Waals surface area contributed by atoms with Crippen molar-refractivity contribution in [1.82, 2.24) is 0 Å². The maximum Gasteiger partial charge on any atom is 0.256 e. The molecule has 0 atom stereocenters. The van der Waals surface area contributed by atoms with Crippen molar-refractivity contribution in [3.63, 3.8) is 0 Å². The van der Waals surface area contributed by atoms with Crippen LogP contribution in [0.4, 0.5) is 11.4 Å². The first-order chi connectivity index (χ1) is 27.2. The van der Waals surface area contributed by atoms with Gasteiger partial charge in [-0.25, -0.2) is 0 Å². The zero-order chi connectivity index (χ0) is 38.6. The third kappa shape index (κ3) is 6.01. The third-order valence-corrected chi connectivity index (χ3v) is 12.4. The van der Waals surface area contributed by atoms with Crippen LogP contribution in [0.5, 0.6) is 0 Å². The lowest BCUT2D eigenvalue weighted by molar-refractivity contribution is 0.102. The predicted molar refractivity (Wildman–Crippen MR) is 235 cm³/mol. The van der Waals surface area contributed by atoms with E-state index in [1.54, 1.807) is 0 Å². The van der Waals surface area contributed by atoms with Crippen LogP contribution < -0.4 is 10.6 Å². The standard InChI is InChI=1S/C52H46N2O2/c1-32-26-40(27-33(2)48(32)53-50(55)46-42-20-10-6-16-36(42)30-37-17-7-11-21-43(37)46)52(24-14-5-15-25-52)41-28-34(3)49(35(4)29-41)54-51(56)47-44-22-12-8-18-38(44)31-39-19-9-13-23-45(39)47/h6-13,16-23,26-31H,5,14-15,24-25H2,1-4H3,(H,53,55)(H,54,56). The topological polar surface area (TPSA) is 58.2 Å². The van der Waals surface area contributed by atoms with Crippen molar-refractivity contribution < 1.29 is 9.59 Å². The highest BCUT2D eigenvalue weighted by Gasteiger charge is 2.37. The van der Waals surface area contributed by atoms with Gasteiger partial charge in [0.2, 0.25) is 0 Å². The first-order valence-electron chi connectivity index (χ1n) is 19.9. The van der Waals surface area contributed by atoms with Crippen LogP contribution in [0, 0.1) is 27.7 Å². The van der Waals surface area contributed by atoms with Crippen molar-refractivity contribution in [1.29, 1.82) is 0 Å². The Morgan fingerprint density at radius 1 is 0.429 bits per heavy atom. The Labute approximate surface area is 328 Å². The fourth-order valence-electron chi connectivity index (χ4n) is 9.64. The van der Waals surface area contributed by atoms with Gasteiger partial charge in [-0.15, -0.1) is 0 Å². The van der Waals surface area contributed by atoms with Crippen LogP contribution in [0.1, 0.15) is 86.2 Å². The van der Waals surface area contributed by atoms with Gasteiger partial charge in [0.1, 0.15) is 0 Å². The van der Waals surface area contributed by atoms with Crippen LogP contribution in [0.15, 0.2) is 133 Å². The van der Waals surface area contributed by atoms with Gasteiger partial charge in [-0.1, -0.05) is 141 Å². The lowest BCUT2D eigenvalue weighted by Crippen LogP contribution is -2.31. The van der Waals surface area contributed by atoms with Crippen molar-refractivity contribution in [3.8, 4) is 0 Å². The van der Waals surface area contributed by atoms with Gasteiger partial charge in [0.25, 0.3) is 11.8 Å².